The van der Waals surface area contributed by atoms with E-state index in [0.717, 1.165) is 42.8 Å². The van der Waals surface area contributed by atoms with Gasteiger partial charge in [0, 0.05) is 29.4 Å². The van der Waals surface area contributed by atoms with E-state index in [1.54, 1.807) is 24.5 Å². The summed E-state index contributed by atoms with van der Waals surface area (Å²) in [5.41, 5.74) is 3.27. The first-order valence-electron chi connectivity index (χ1n) is 9.19. The number of aromatic nitrogens is 3. The Labute approximate surface area is 157 Å². The molecule has 0 bridgehead atoms. The van der Waals surface area contributed by atoms with Gasteiger partial charge in [-0.1, -0.05) is 0 Å². The molecule has 27 heavy (non-hydrogen) atoms. The molecule has 3 heterocycles. The van der Waals surface area contributed by atoms with Crippen molar-refractivity contribution in [3.8, 4) is 22.5 Å². The van der Waals surface area contributed by atoms with Crippen molar-refractivity contribution in [3.05, 3.63) is 60.4 Å². The zero-order valence-electron chi connectivity index (χ0n) is 14.9. The van der Waals surface area contributed by atoms with Gasteiger partial charge < -0.3 is 10.3 Å². The number of nitrogens with zero attached hydrogens (tertiary/aromatic N) is 2. The second-order valence-electron chi connectivity index (χ2n) is 6.82. The third kappa shape index (κ3) is 3.95. The van der Waals surface area contributed by atoms with Gasteiger partial charge in [0.25, 0.3) is 0 Å². The molecular weight excluding hydrogens is 343 g/mol. The molecule has 0 aliphatic carbocycles. The lowest BCUT2D eigenvalue weighted by molar-refractivity contribution is -0.123. The van der Waals surface area contributed by atoms with E-state index in [1.165, 1.54) is 12.1 Å². The first kappa shape index (κ1) is 17.5. The number of pyridine rings is 1. The summed E-state index contributed by atoms with van der Waals surface area (Å²) in [6.07, 6.45) is 5.46. The second kappa shape index (κ2) is 7.80. The summed E-state index contributed by atoms with van der Waals surface area (Å²) >= 11 is 0. The first-order valence-corrected chi connectivity index (χ1v) is 9.19. The molecule has 1 aliphatic rings. The van der Waals surface area contributed by atoms with Crippen LogP contribution in [0.1, 0.15) is 18.7 Å². The minimum atomic E-state index is -0.291. The summed E-state index contributed by atoms with van der Waals surface area (Å²) in [6, 6.07) is 10.0. The topological polar surface area (TPSA) is 70.7 Å². The Morgan fingerprint density at radius 2 is 1.74 bits per heavy atom. The van der Waals surface area contributed by atoms with E-state index in [-0.39, 0.29) is 23.9 Å². The molecular formula is C21H21FN4O. The Hall–Kier alpha value is -2.86. The maximum atomic E-state index is 13.3. The van der Waals surface area contributed by atoms with Crippen molar-refractivity contribution >= 4 is 5.78 Å². The van der Waals surface area contributed by atoms with E-state index in [2.05, 4.69) is 20.3 Å². The van der Waals surface area contributed by atoms with Gasteiger partial charge in [-0.2, -0.15) is 0 Å². The zero-order chi connectivity index (χ0) is 18.6. The number of ketones is 1. The Morgan fingerprint density at radius 1 is 1.04 bits per heavy atom. The number of H-pyrrole nitrogens is 1. The van der Waals surface area contributed by atoms with Crippen molar-refractivity contribution in [2.45, 2.75) is 19.3 Å². The zero-order valence-corrected chi connectivity index (χ0v) is 14.9. The Balaban J connectivity index is 1.67. The van der Waals surface area contributed by atoms with E-state index in [0.29, 0.717) is 11.5 Å². The van der Waals surface area contributed by atoms with Crippen molar-refractivity contribution < 1.29 is 9.18 Å². The number of halogens is 1. The van der Waals surface area contributed by atoms with Crippen LogP contribution in [0, 0.1) is 11.7 Å². The Morgan fingerprint density at radius 3 is 2.44 bits per heavy atom. The van der Waals surface area contributed by atoms with Crippen LogP contribution in [0.2, 0.25) is 0 Å². The van der Waals surface area contributed by atoms with Gasteiger partial charge in [0.05, 0.1) is 17.8 Å². The van der Waals surface area contributed by atoms with E-state index in [9.17, 15) is 9.18 Å². The van der Waals surface area contributed by atoms with Crippen LogP contribution in [0.25, 0.3) is 22.5 Å². The van der Waals surface area contributed by atoms with Crippen molar-refractivity contribution in [1.82, 2.24) is 20.3 Å². The predicted octanol–water partition coefficient (Wildman–Crippen LogP) is 3.39. The summed E-state index contributed by atoms with van der Waals surface area (Å²) in [7, 11) is 0. The molecule has 0 atom stereocenters. The average Bonchev–Trinajstić information content (AvgIpc) is 3.13. The minimum Gasteiger partial charge on any atom is -0.341 e. The fourth-order valence-electron chi connectivity index (χ4n) is 3.50. The smallest absolute Gasteiger partial charge is 0.143 e. The molecule has 0 radical (unpaired) electrons. The lowest BCUT2D eigenvalue weighted by Gasteiger charge is -2.20. The minimum absolute atomic E-state index is 0.0926. The van der Waals surface area contributed by atoms with Gasteiger partial charge in [-0.15, -0.1) is 0 Å². The lowest BCUT2D eigenvalue weighted by atomic mass is 9.92. The SMILES string of the molecule is O=C(Cc1nc(-c2ccc(F)cc2)c(-c2ccncc2)[nH]1)C1CCNCC1. The predicted molar refractivity (Wildman–Crippen MR) is 102 cm³/mol. The fourth-order valence-corrected chi connectivity index (χ4v) is 3.50. The van der Waals surface area contributed by atoms with E-state index in [4.69, 9.17) is 0 Å². The number of imidazole rings is 1. The molecule has 2 aromatic heterocycles. The average molecular weight is 364 g/mol. The molecule has 2 N–H and O–H groups in total. The number of hydrogen-bond acceptors (Lipinski definition) is 4. The van der Waals surface area contributed by atoms with E-state index < -0.39 is 0 Å². The molecule has 138 valence electrons. The quantitative estimate of drug-likeness (QED) is 0.728. The Bertz CT molecular complexity index is 915. The highest BCUT2D eigenvalue weighted by Gasteiger charge is 2.23. The molecule has 0 unspecified atom stereocenters. The van der Waals surface area contributed by atoms with Crippen molar-refractivity contribution in [1.29, 1.82) is 0 Å². The van der Waals surface area contributed by atoms with Gasteiger partial charge in [0.1, 0.15) is 17.4 Å². The molecule has 1 aliphatic heterocycles. The second-order valence-corrected chi connectivity index (χ2v) is 6.82. The molecule has 5 nitrogen and oxygen atoms in total. The van der Waals surface area contributed by atoms with Crippen molar-refractivity contribution in [3.63, 3.8) is 0 Å². The summed E-state index contributed by atoms with van der Waals surface area (Å²) in [4.78, 5) is 24.7. The highest BCUT2D eigenvalue weighted by atomic mass is 19.1. The van der Waals surface area contributed by atoms with Crippen LogP contribution in [0.4, 0.5) is 4.39 Å². The third-order valence-electron chi connectivity index (χ3n) is 4.98. The van der Waals surface area contributed by atoms with Gasteiger partial charge in [-0.05, 0) is 62.3 Å². The van der Waals surface area contributed by atoms with Crippen molar-refractivity contribution in [2.24, 2.45) is 5.92 Å². The number of carbonyl (C=O) groups excluding carboxylic acids is 1. The standard InChI is InChI=1S/C21H21FN4O/c22-17-3-1-15(2-4-17)20-21(16-7-11-24-12-8-16)26-19(25-20)13-18(27)14-5-9-23-10-6-14/h1-4,7-8,11-12,14,23H,5-6,9-10,13H2,(H,25,26). The van der Waals surface area contributed by atoms with Crippen LogP contribution < -0.4 is 5.32 Å². The van der Waals surface area contributed by atoms with Crippen LogP contribution >= 0.6 is 0 Å². The number of Topliss-reactive ketones (excluding diaryl/α,β-unsaturated/α-hetero) is 1. The molecule has 0 amide bonds. The summed E-state index contributed by atoms with van der Waals surface area (Å²) < 4.78 is 13.3. The van der Waals surface area contributed by atoms with Gasteiger partial charge in [0.2, 0.25) is 0 Å². The lowest BCUT2D eigenvalue weighted by Crippen LogP contribution is -2.32. The molecule has 1 saturated heterocycles. The molecule has 4 rings (SSSR count). The maximum Gasteiger partial charge on any atom is 0.143 e. The molecule has 0 saturated carbocycles. The number of rotatable bonds is 5. The van der Waals surface area contributed by atoms with Gasteiger partial charge in [-0.3, -0.25) is 9.78 Å². The number of nitrogens with one attached hydrogen (secondary N) is 2. The van der Waals surface area contributed by atoms with Crippen LogP contribution in [-0.2, 0) is 11.2 Å². The van der Waals surface area contributed by atoms with Gasteiger partial charge in [0.15, 0.2) is 0 Å². The molecule has 3 aromatic rings. The third-order valence-corrected chi connectivity index (χ3v) is 4.98. The van der Waals surface area contributed by atoms with Crippen LogP contribution in [0.3, 0.4) is 0 Å². The summed E-state index contributed by atoms with van der Waals surface area (Å²) in [6.45, 7) is 1.77. The van der Waals surface area contributed by atoms with Crippen LogP contribution in [-0.4, -0.2) is 33.8 Å². The number of hydrogen-bond donors (Lipinski definition) is 2. The molecule has 0 spiro atoms. The van der Waals surface area contributed by atoms with Gasteiger partial charge in [-0.25, -0.2) is 9.37 Å². The molecule has 1 aromatic carbocycles. The number of carbonyl (C=O) groups is 1. The van der Waals surface area contributed by atoms with Crippen molar-refractivity contribution in [2.75, 3.05) is 13.1 Å². The normalized spacial score (nSPS) is 15.0. The van der Waals surface area contributed by atoms with Gasteiger partial charge >= 0.3 is 0 Å². The molecule has 6 heteroatoms. The number of benzene rings is 1. The first-order chi connectivity index (χ1) is 13.2. The monoisotopic (exact) mass is 364 g/mol. The summed E-state index contributed by atoms with van der Waals surface area (Å²) in [5.74, 6) is 0.665. The van der Waals surface area contributed by atoms with E-state index in [1.807, 2.05) is 12.1 Å². The number of piperidine rings is 1. The highest BCUT2D eigenvalue weighted by molar-refractivity contribution is 5.84. The molecule has 1 fully saturated rings. The van der Waals surface area contributed by atoms with Crippen LogP contribution in [0.5, 0.6) is 0 Å². The fraction of sp³-hybridized carbons (Fsp3) is 0.286. The number of aromatic amines is 1. The maximum absolute atomic E-state index is 13.3. The largest absolute Gasteiger partial charge is 0.341 e. The van der Waals surface area contributed by atoms with E-state index >= 15 is 0 Å². The Kier molecular flexibility index (Phi) is 5.07. The van der Waals surface area contributed by atoms with Crippen LogP contribution in [0.15, 0.2) is 48.8 Å². The highest BCUT2D eigenvalue weighted by Crippen LogP contribution is 2.30. The summed E-state index contributed by atoms with van der Waals surface area (Å²) in [5, 5.41) is 3.28.